The fraction of sp³-hybridized carbons (Fsp3) is 0.588. The van der Waals surface area contributed by atoms with Crippen LogP contribution < -0.4 is 5.32 Å². The summed E-state index contributed by atoms with van der Waals surface area (Å²) in [6.45, 7) is 3.65. The number of benzene rings is 1. The quantitative estimate of drug-likeness (QED) is 0.826. The lowest BCUT2D eigenvalue weighted by atomic mass is 9.98. The third-order valence-electron chi connectivity index (χ3n) is 4.84. The number of sulfonamides is 1. The predicted octanol–water partition coefficient (Wildman–Crippen LogP) is 1.47. The van der Waals surface area contributed by atoms with E-state index in [4.69, 9.17) is 0 Å². The zero-order valence-electron chi connectivity index (χ0n) is 14.6. The molecule has 0 aromatic heterocycles. The van der Waals surface area contributed by atoms with Crippen molar-refractivity contribution in [3.8, 4) is 0 Å². The van der Waals surface area contributed by atoms with Crippen LogP contribution in [0, 0.1) is 11.7 Å². The molecule has 1 aromatic carbocycles. The first-order chi connectivity index (χ1) is 12.0. The molecule has 146 valence electrons. The Morgan fingerprint density at radius 2 is 1.81 bits per heavy atom. The highest BCUT2D eigenvalue weighted by Gasteiger charge is 2.35. The molecule has 9 heteroatoms. The van der Waals surface area contributed by atoms with Crippen molar-refractivity contribution >= 4 is 28.3 Å². The van der Waals surface area contributed by atoms with Gasteiger partial charge in [0.15, 0.2) is 0 Å². The predicted molar refractivity (Wildman–Crippen MR) is 99.2 cm³/mol. The number of hydrogen-bond donors (Lipinski definition) is 1. The first-order valence-electron chi connectivity index (χ1n) is 8.74. The van der Waals surface area contributed by atoms with Gasteiger partial charge < -0.3 is 10.2 Å². The van der Waals surface area contributed by atoms with Crippen LogP contribution >= 0.6 is 12.4 Å². The molecule has 0 bridgehead atoms. The highest BCUT2D eigenvalue weighted by atomic mass is 35.5. The molecule has 2 aliphatic heterocycles. The van der Waals surface area contributed by atoms with Crippen molar-refractivity contribution in [2.75, 3.05) is 39.3 Å². The molecule has 1 unspecified atom stereocenters. The van der Waals surface area contributed by atoms with Gasteiger partial charge in [0, 0.05) is 32.7 Å². The Labute approximate surface area is 160 Å². The molecular formula is C17H25ClFN3O3S. The van der Waals surface area contributed by atoms with Gasteiger partial charge in [-0.3, -0.25) is 4.79 Å². The maximum atomic E-state index is 13.1. The summed E-state index contributed by atoms with van der Waals surface area (Å²) in [5.41, 5.74) is 0. The van der Waals surface area contributed by atoms with Gasteiger partial charge in [-0.05, 0) is 50.1 Å². The Morgan fingerprint density at radius 1 is 1.08 bits per heavy atom. The summed E-state index contributed by atoms with van der Waals surface area (Å²) < 4.78 is 40.0. The van der Waals surface area contributed by atoms with E-state index in [0.717, 1.165) is 31.6 Å². The van der Waals surface area contributed by atoms with Crippen LogP contribution in [0.1, 0.15) is 19.3 Å². The third-order valence-corrected chi connectivity index (χ3v) is 6.72. The Balaban J connectivity index is 0.00000243. The molecular weight excluding hydrogens is 381 g/mol. The molecule has 1 amide bonds. The second kappa shape index (κ2) is 9.12. The van der Waals surface area contributed by atoms with E-state index in [1.165, 1.54) is 16.4 Å². The van der Waals surface area contributed by atoms with Crippen LogP contribution in [-0.2, 0) is 14.8 Å². The molecule has 1 aromatic rings. The van der Waals surface area contributed by atoms with Crippen molar-refractivity contribution in [2.45, 2.75) is 24.2 Å². The second-order valence-corrected chi connectivity index (χ2v) is 8.52. The van der Waals surface area contributed by atoms with E-state index in [1.54, 1.807) is 0 Å². The maximum Gasteiger partial charge on any atom is 0.243 e. The van der Waals surface area contributed by atoms with Gasteiger partial charge in [-0.1, -0.05) is 0 Å². The highest BCUT2D eigenvalue weighted by molar-refractivity contribution is 7.89. The number of nitrogens with one attached hydrogen (secondary N) is 1. The Kier molecular flexibility index (Phi) is 7.40. The van der Waals surface area contributed by atoms with E-state index in [0.29, 0.717) is 32.5 Å². The van der Waals surface area contributed by atoms with E-state index in [1.807, 2.05) is 4.90 Å². The maximum absolute atomic E-state index is 13.1. The van der Waals surface area contributed by atoms with Crippen LogP contribution in [0.4, 0.5) is 4.39 Å². The summed E-state index contributed by atoms with van der Waals surface area (Å²) in [6, 6.07) is 4.83. The van der Waals surface area contributed by atoms with Crippen LogP contribution in [-0.4, -0.2) is 62.8 Å². The molecule has 26 heavy (non-hydrogen) atoms. The average Bonchev–Trinajstić information content (AvgIpc) is 2.91. The number of piperidine rings is 1. The minimum absolute atomic E-state index is 0. The topological polar surface area (TPSA) is 69.7 Å². The number of carbonyl (C=O) groups is 1. The summed E-state index contributed by atoms with van der Waals surface area (Å²) in [4.78, 5) is 14.7. The van der Waals surface area contributed by atoms with E-state index >= 15 is 0 Å². The SMILES string of the molecule is Cl.O=C(C1CCCN(S(=O)(=O)c2ccc(F)cc2)C1)N1CCCNCC1. The molecule has 6 nitrogen and oxygen atoms in total. The van der Waals surface area contributed by atoms with Gasteiger partial charge in [0.25, 0.3) is 0 Å². The van der Waals surface area contributed by atoms with Gasteiger partial charge in [0.1, 0.15) is 5.82 Å². The first-order valence-corrected chi connectivity index (χ1v) is 10.2. The van der Waals surface area contributed by atoms with Crippen molar-refractivity contribution in [1.82, 2.24) is 14.5 Å². The average molecular weight is 406 g/mol. The monoisotopic (exact) mass is 405 g/mol. The molecule has 2 fully saturated rings. The number of halogens is 2. The summed E-state index contributed by atoms with van der Waals surface area (Å²) >= 11 is 0. The van der Waals surface area contributed by atoms with Crippen molar-refractivity contribution < 1.29 is 17.6 Å². The number of hydrogen-bond acceptors (Lipinski definition) is 4. The van der Waals surface area contributed by atoms with Crippen LogP contribution in [0.25, 0.3) is 0 Å². The molecule has 0 radical (unpaired) electrons. The molecule has 0 spiro atoms. The molecule has 1 N–H and O–H groups in total. The highest BCUT2D eigenvalue weighted by Crippen LogP contribution is 2.25. The van der Waals surface area contributed by atoms with E-state index < -0.39 is 15.8 Å². The first kappa shape index (κ1) is 21.1. The summed E-state index contributed by atoms with van der Waals surface area (Å²) in [6.07, 6.45) is 2.27. The Hall–Kier alpha value is -1.22. The Bertz CT molecular complexity index is 706. The molecule has 2 heterocycles. The largest absolute Gasteiger partial charge is 0.341 e. The zero-order chi connectivity index (χ0) is 17.9. The van der Waals surface area contributed by atoms with Gasteiger partial charge >= 0.3 is 0 Å². The molecule has 0 aliphatic carbocycles. The zero-order valence-corrected chi connectivity index (χ0v) is 16.2. The van der Waals surface area contributed by atoms with Gasteiger partial charge in [-0.25, -0.2) is 12.8 Å². The molecule has 3 rings (SSSR count). The van der Waals surface area contributed by atoms with Gasteiger partial charge in [0.2, 0.25) is 15.9 Å². The molecule has 1 atom stereocenters. The fourth-order valence-electron chi connectivity index (χ4n) is 3.44. The van der Waals surface area contributed by atoms with Crippen LogP contribution in [0.15, 0.2) is 29.2 Å². The van der Waals surface area contributed by atoms with Crippen molar-refractivity contribution in [3.63, 3.8) is 0 Å². The lowest BCUT2D eigenvalue weighted by molar-refractivity contribution is -0.136. The summed E-state index contributed by atoms with van der Waals surface area (Å²) in [5, 5.41) is 3.26. The van der Waals surface area contributed by atoms with Crippen LogP contribution in [0.3, 0.4) is 0 Å². The van der Waals surface area contributed by atoms with Crippen molar-refractivity contribution in [3.05, 3.63) is 30.1 Å². The number of amides is 1. The molecule has 2 aliphatic rings. The number of nitrogens with zero attached hydrogens (tertiary/aromatic N) is 2. The molecule has 0 saturated carbocycles. The van der Waals surface area contributed by atoms with E-state index in [9.17, 15) is 17.6 Å². The fourth-order valence-corrected chi connectivity index (χ4v) is 4.97. The van der Waals surface area contributed by atoms with E-state index in [2.05, 4.69) is 5.32 Å². The van der Waals surface area contributed by atoms with Crippen molar-refractivity contribution in [2.24, 2.45) is 5.92 Å². The van der Waals surface area contributed by atoms with Crippen LogP contribution in [0.2, 0.25) is 0 Å². The minimum atomic E-state index is -3.70. The Morgan fingerprint density at radius 3 is 2.54 bits per heavy atom. The smallest absolute Gasteiger partial charge is 0.243 e. The standard InChI is InChI=1S/C17H24FN3O3S.ClH/c18-15-4-6-16(7-5-15)25(23,24)21-11-1-3-14(13-21)17(22)20-10-2-8-19-9-12-20;/h4-7,14,19H,1-3,8-13H2;1H. The summed E-state index contributed by atoms with van der Waals surface area (Å²) in [5.74, 6) is -0.731. The number of carbonyl (C=O) groups excluding carboxylic acids is 1. The number of rotatable bonds is 3. The second-order valence-electron chi connectivity index (χ2n) is 6.58. The van der Waals surface area contributed by atoms with Gasteiger partial charge in [-0.2, -0.15) is 4.31 Å². The summed E-state index contributed by atoms with van der Waals surface area (Å²) in [7, 11) is -3.70. The van der Waals surface area contributed by atoms with E-state index in [-0.39, 0.29) is 35.7 Å². The lowest BCUT2D eigenvalue weighted by Crippen LogP contribution is -2.47. The third kappa shape index (κ3) is 4.73. The van der Waals surface area contributed by atoms with Crippen molar-refractivity contribution in [1.29, 1.82) is 0 Å². The molecule has 2 saturated heterocycles. The van der Waals surface area contributed by atoms with Gasteiger partial charge in [0.05, 0.1) is 10.8 Å². The lowest BCUT2D eigenvalue weighted by Gasteiger charge is -2.34. The van der Waals surface area contributed by atoms with Gasteiger partial charge in [-0.15, -0.1) is 12.4 Å². The minimum Gasteiger partial charge on any atom is -0.341 e. The van der Waals surface area contributed by atoms with Crippen LogP contribution in [0.5, 0.6) is 0 Å². The normalized spacial score (nSPS) is 22.3.